The third-order valence-corrected chi connectivity index (χ3v) is 3.38. The van der Waals surface area contributed by atoms with E-state index in [4.69, 9.17) is 4.74 Å². The Hall–Kier alpha value is -0.290. The second-order valence-corrected chi connectivity index (χ2v) is 4.59. The number of alkyl halides is 3. The number of piperidine rings is 1. The van der Waals surface area contributed by atoms with Crippen LogP contribution in [-0.2, 0) is 4.74 Å². The van der Waals surface area contributed by atoms with Gasteiger partial charge in [0.05, 0.1) is 5.92 Å². The molecule has 0 saturated carbocycles. The molecule has 0 bridgehead atoms. The minimum atomic E-state index is -4.05. The summed E-state index contributed by atoms with van der Waals surface area (Å²) in [5, 5.41) is 3.01. The Balaban J connectivity index is 2.31. The number of halogens is 3. The van der Waals surface area contributed by atoms with Crippen molar-refractivity contribution in [3.8, 4) is 0 Å². The van der Waals surface area contributed by atoms with Crippen molar-refractivity contribution < 1.29 is 17.9 Å². The standard InChI is InChI=1S/C11H20F3NO/c1-8(5-6-16-2)10-4-3-9(7-15-10)11(12,13)14/h8-10,15H,3-7H2,1-2H3. The topological polar surface area (TPSA) is 21.3 Å². The predicted molar refractivity (Wildman–Crippen MR) is 56.2 cm³/mol. The van der Waals surface area contributed by atoms with Crippen LogP contribution in [0.25, 0.3) is 0 Å². The molecule has 1 aliphatic heterocycles. The zero-order chi connectivity index (χ0) is 12.2. The Morgan fingerprint density at radius 2 is 2.06 bits per heavy atom. The first-order valence-corrected chi connectivity index (χ1v) is 5.74. The van der Waals surface area contributed by atoms with Gasteiger partial charge in [-0.05, 0) is 25.2 Å². The maximum atomic E-state index is 12.4. The molecule has 3 unspecified atom stereocenters. The van der Waals surface area contributed by atoms with Crippen LogP contribution in [0.1, 0.15) is 26.2 Å². The second-order valence-electron chi connectivity index (χ2n) is 4.59. The molecule has 0 aliphatic carbocycles. The molecule has 96 valence electrons. The SMILES string of the molecule is COCCC(C)C1CCC(C(F)(F)F)CN1. The van der Waals surface area contributed by atoms with E-state index in [1.165, 1.54) is 0 Å². The molecule has 0 aromatic heterocycles. The van der Waals surface area contributed by atoms with Gasteiger partial charge in [0.15, 0.2) is 0 Å². The minimum absolute atomic E-state index is 0.0610. The van der Waals surface area contributed by atoms with Crippen LogP contribution in [0.4, 0.5) is 13.2 Å². The molecule has 0 spiro atoms. The van der Waals surface area contributed by atoms with Crippen LogP contribution in [0.3, 0.4) is 0 Å². The fraction of sp³-hybridized carbons (Fsp3) is 1.00. The van der Waals surface area contributed by atoms with Gasteiger partial charge in [-0.3, -0.25) is 0 Å². The number of nitrogens with one attached hydrogen (secondary N) is 1. The zero-order valence-corrected chi connectivity index (χ0v) is 9.81. The highest BCUT2D eigenvalue weighted by atomic mass is 19.4. The quantitative estimate of drug-likeness (QED) is 0.814. The Bertz CT molecular complexity index is 200. The summed E-state index contributed by atoms with van der Waals surface area (Å²) in [6.45, 7) is 2.79. The van der Waals surface area contributed by atoms with Crippen LogP contribution >= 0.6 is 0 Å². The number of methoxy groups -OCH3 is 1. The summed E-state index contributed by atoms with van der Waals surface area (Å²) in [6, 6.07) is 0.203. The number of hydrogen-bond donors (Lipinski definition) is 1. The van der Waals surface area contributed by atoms with E-state index in [0.717, 1.165) is 6.42 Å². The average molecular weight is 239 g/mol. The van der Waals surface area contributed by atoms with Gasteiger partial charge in [-0.2, -0.15) is 13.2 Å². The van der Waals surface area contributed by atoms with E-state index < -0.39 is 12.1 Å². The smallest absolute Gasteiger partial charge is 0.385 e. The molecule has 1 aliphatic rings. The molecule has 0 amide bonds. The van der Waals surface area contributed by atoms with Crippen molar-refractivity contribution >= 4 is 0 Å². The lowest BCUT2D eigenvalue weighted by molar-refractivity contribution is -0.180. The fourth-order valence-electron chi connectivity index (χ4n) is 2.15. The van der Waals surface area contributed by atoms with Crippen LogP contribution in [0, 0.1) is 11.8 Å². The van der Waals surface area contributed by atoms with Crippen LogP contribution < -0.4 is 5.32 Å². The second kappa shape index (κ2) is 5.87. The molecule has 3 atom stereocenters. The maximum absolute atomic E-state index is 12.4. The van der Waals surface area contributed by atoms with Gasteiger partial charge in [0.25, 0.3) is 0 Å². The number of rotatable bonds is 4. The van der Waals surface area contributed by atoms with Crippen molar-refractivity contribution in [3.05, 3.63) is 0 Å². The fourth-order valence-corrected chi connectivity index (χ4v) is 2.15. The molecule has 5 heteroatoms. The highest BCUT2D eigenvalue weighted by Crippen LogP contribution is 2.33. The molecule has 1 fully saturated rings. The van der Waals surface area contributed by atoms with Gasteiger partial charge in [-0.15, -0.1) is 0 Å². The van der Waals surface area contributed by atoms with Gasteiger partial charge in [0.2, 0.25) is 0 Å². The minimum Gasteiger partial charge on any atom is -0.385 e. The van der Waals surface area contributed by atoms with Gasteiger partial charge in [-0.25, -0.2) is 0 Å². The lowest BCUT2D eigenvalue weighted by atomic mass is 9.87. The van der Waals surface area contributed by atoms with Gasteiger partial charge in [-0.1, -0.05) is 6.92 Å². The van der Waals surface area contributed by atoms with Gasteiger partial charge < -0.3 is 10.1 Å². The van der Waals surface area contributed by atoms with E-state index in [0.29, 0.717) is 18.9 Å². The third kappa shape index (κ3) is 3.94. The molecule has 2 nitrogen and oxygen atoms in total. The van der Waals surface area contributed by atoms with E-state index in [1.54, 1.807) is 7.11 Å². The molecule has 0 aromatic rings. The van der Waals surface area contributed by atoms with Crippen molar-refractivity contribution in [3.63, 3.8) is 0 Å². The number of ether oxygens (including phenoxy) is 1. The van der Waals surface area contributed by atoms with Crippen LogP contribution in [0.5, 0.6) is 0 Å². The summed E-state index contributed by atoms with van der Waals surface area (Å²) in [4.78, 5) is 0. The molecular weight excluding hydrogens is 219 g/mol. The van der Waals surface area contributed by atoms with E-state index in [-0.39, 0.29) is 19.0 Å². The highest BCUT2D eigenvalue weighted by Gasteiger charge is 2.41. The van der Waals surface area contributed by atoms with E-state index >= 15 is 0 Å². The monoisotopic (exact) mass is 239 g/mol. The molecule has 1 rings (SSSR count). The van der Waals surface area contributed by atoms with Crippen molar-refractivity contribution in [1.82, 2.24) is 5.32 Å². The molecule has 1 heterocycles. The summed E-state index contributed by atoms with van der Waals surface area (Å²) < 4.78 is 42.2. The lowest BCUT2D eigenvalue weighted by Crippen LogP contribution is -2.47. The van der Waals surface area contributed by atoms with E-state index in [2.05, 4.69) is 12.2 Å². The molecule has 0 aromatic carbocycles. The number of hydrogen-bond acceptors (Lipinski definition) is 2. The Morgan fingerprint density at radius 1 is 1.38 bits per heavy atom. The Kier molecular flexibility index (Phi) is 5.05. The summed E-state index contributed by atoms with van der Waals surface area (Å²) in [5.41, 5.74) is 0. The zero-order valence-electron chi connectivity index (χ0n) is 9.81. The summed E-state index contributed by atoms with van der Waals surface area (Å²) >= 11 is 0. The molecule has 1 saturated heterocycles. The molecule has 0 radical (unpaired) electrons. The normalized spacial score (nSPS) is 29.1. The van der Waals surface area contributed by atoms with Crippen molar-refractivity contribution in [2.24, 2.45) is 11.8 Å². The first-order chi connectivity index (χ1) is 7.45. The lowest BCUT2D eigenvalue weighted by Gasteiger charge is -2.34. The first kappa shape index (κ1) is 13.8. The van der Waals surface area contributed by atoms with Crippen molar-refractivity contribution in [2.75, 3.05) is 20.3 Å². The van der Waals surface area contributed by atoms with Gasteiger partial charge in [0, 0.05) is 26.3 Å². The van der Waals surface area contributed by atoms with Gasteiger partial charge >= 0.3 is 6.18 Å². The Labute approximate surface area is 94.5 Å². The summed E-state index contributed by atoms with van der Waals surface area (Å²) in [7, 11) is 1.64. The first-order valence-electron chi connectivity index (χ1n) is 5.74. The van der Waals surface area contributed by atoms with Crippen LogP contribution in [0.2, 0.25) is 0 Å². The summed E-state index contributed by atoms with van der Waals surface area (Å²) in [6.07, 6.45) is -2.30. The largest absolute Gasteiger partial charge is 0.393 e. The van der Waals surface area contributed by atoms with E-state index in [1.807, 2.05) is 0 Å². The third-order valence-electron chi connectivity index (χ3n) is 3.38. The average Bonchev–Trinajstić information content (AvgIpc) is 2.25. The molecule has 1 N–H and O–H groups in total. The summed E-state index contributed by atoms with van der Waals surface area (Å²) in [5.74, 6) is -0.799. The molecule has 16 heavy (non-hydrogen) atoms. The highest BCUT2D eigenvalue weighted by molar-refractivity contribution is 4.84. The van der Waals surface area contributed by atoms with Crippen LogP contribution in [-0.4, -0.2) is 32.5 Å². The maximum Gasteiger partial charge on any atom is 0.393 e. The van der Waals surface area contributed by atoms with Crippen molar-refractivity contribution in [2.45, 2.75) is 38.4 Å². The Morgan fingerprint density at radius 3 is 2.50 bits per heavy atom. The van der Waals surface area contributed by atoms with Gasteiger partial charge in [0.1, 0.15) is 0 Å². The van der Waals surface area contributed by atoms with Crippen molar-refractivity contribution in [1.29, 1.82) is 0 Å². The predicted octanol–water partition coefficient (Wildman–Crippen LogP) is 2.59. The molecular formula is C11H20F3NO. The van der Waals surface area contributed by atoms with E-state index in [9.17, 15) is 13.2 Å². The van der Waals surface area contributed by atoms with Crippen LogP contribution in [0.15, 0.2) is 0 Å².